The number of hydrogen-bond acceptors (Lipinski definition) is 7. The number of carboxylic acids is 1. The highest BCUT2D eigenvalue weighted by Crippen LogP contribution is 2.38. The third-order valence-electron chi connectivity index (χ3n) is 3.80. The molecule has 2 aromatic rings. The molecule has 0 spiro atoms. The molecular weight excluding hydrogens is 515 g/mol. The lowest BCUT2D eigenvalue weighted by Crippen LogP contribution is -2.18. The molecule has 0 saturated carbocycles. The third-order valence-corrected chi connectivity index (χ3v) is 5.64. The molecule has 14 heteroatoms. The summed E-state index contributed by atoms with van der Waals surface area (Å²) < 4.78 is 68.7. The molecule has 0 radical (unpaired) electrons. The summed E-state index contributed by atoms with van der Waals surface area (Å²) >= 11 is 3.07. The van der Waals surface area contributed by atoms with Gasteiger partial charge >= 0.3 is 12.3 Å². The van der Waals surface area contributed by atoms with Crippen LogP contribution in [0.2, 0.25) is 0 Å². The van der Waals surface area contributed by atoms with E-state index in [1.807, 2.05) is 0 Å². The number of carboxylic acid groups (broad SMARTS) is 1. The van der Waals surface area contributed by atoms with Crippen LogP contribution < -0.4 is 9.46 Å². The van der Waals surface area contributed by atoms with Gasteiger partial charge in [-0.05, 0) is 36.6 Å². The summed E-state index contributed by atoms with van der Waals surface area (Å²) in [5.41, 5.74) is -1.83. The molecule has 0 fully saturated rings. The number of nitrogens with one attached hydrogen (secondary N) is 1. The molecule has 0 aliphatic rings. The van der Waals surface area contributed by atoms with Gasteiger partial charge < -0.3 is 25.2 Å². The van der Waals surface area contributed by atoms with Crippen LogP contribution >= 0.6 is 15.9 Å². The zero-order valence-corrected chi connectivity index (χ0v) is 17.7. The van der Waals surface area contributed by atoms with Crippen LogP contribution in [0.4, 0.5) is 18.9 Å². The molecule has 0 aromatic heterocycles. The number of benzene rings is 2. The Bertz CT molecular complexity index is 1110. The molecule has 0 bridgehead atoms. The standard InChI is InChI=1S/C17H15BrF3NO8S/c18-9-4-8(2-1-3-23)14(24)13(5-9)31(28,29)22-12-7-10(30-17(19,20)21)6-11(15(12)25)16(26)27/h4-7,22-25H,1-3H2,(H,26,27). The number of aromatic hydroxyl groups is 2. The van der Waals surface area contributed by atoms with Crippen molar-refractivity contribution < 1.29 is 51.5 Å². The lowest BCUT2D eigenvalue weighted by Gasteiger charge is -2.16. The number of hydrogen-bond donors (Lipinski definition) is 5. The molecule has 170 valence electrons. The molecule has 0 atom stereocenters. The van der Waals surface area contributed by atoms with E-state index in [0.717, 1.165) is 6.07 Å². The molecular formula is C17H15BrF3NO8S. The van der Waals surface area contributed by atoms with E-state index in [1.54, 1.807) is 4.72 Å². The molecule has 0 aliphatic carbocycles. The highest BCUT2D eigenvalue weighted by atomic mass is 79.9. The summed E-state index contributed by atoms with van der Waals surface area (Å²) in [6, 6.07) is 3.20. The Morgan fingerprint density at radius 1 is 1.13 bits per heavy atom. The Labute approximate surface area is 181 Å². The van der Waals surface area contributed by atoms with Crippen LogP contribution in [0, 0.1) is 0 Å². The molecule has 0 saturated heterocycles. The summed E-state index contributed by atoms with van der Waals surface area (Å²) in [7, 11) is -4.72. The van der Waals surface area contributed by atoms with Gasteiger partial charge in [0, 0.05) is 17.1 Å². The smallest absolute Gasteiger partial charge is 0.506 e. The first kappa shape index (κ1) is 24.6. The fourth-order valence-corrected chi connectivity index (χ4v) is 4.41. The lowest BCUT2D eigenvalue weighted by molar-refractivity contribution is -0.274. The normalized spacial score (nSPS) is 11.9. The number of sulfonamides is 1. The van der Waals surface area contributed by atoms with Crippen molar-refractivity contribution in [2.75, 3.05) is 11.3 Å². The Morgan fingerprint density at radius 2 is 1.77 bits per heavy atom. The maximum atomic E-state index is 12.8. The second kappa shape index (κ2) is 9.20. The van der Waals surface area contributed by atoms with Gasteiger partial charge in [0.05, 0.1) is 5.69 Å². The van der Waals surface area contributed by atoms with Gasteiger partial charge in [0.15, 0.2) is 5.75 Å². The number of aryl methyl sites for hydroxylation is 1. The minimum absolute atomic E-state index is 0.105. The van der Waals surface area contributed by atoms with Crippen LogP contribution in [-0.2, 0) is 16.4 Å². The van der Waals surface area contributed by atoms with Gasteiger partial charge in [-0.1, -0.05) is 15.9 Å². The minimum Gasteiger partial charge on any atom is -0.506 e. The monoisotopic (exact) mass is 529 g/mol. The second-order valence-electron chi connectivity index (χ2n) is 6.06. The van der Waals surface area contributed by atoms with Crippen molar-refractivity contribution in [1.29, 1.82) is 0 Å². The zero-order chi connectivity index (χ0) is 23.6. The number of phenols is 2. The van der Waals surface area contributed by atoms with Gasteiger partial charge in [0.25, 0.3) is 10.0 Å². The predicted molar refractivity (Wildman–Crippen MR) is 104 cm³/mol. The van der Waals surface area contributed by atoms with E-state index in [2.05, 4.69) is 20.7 Å². The van der Waals surface area contributed by atoms with Crippen molar-refractivity contribution in [3.8, 4) is 17.2 Å². The van der Waals surface area contributed by atoms with Crippen LogP contribution in [0.5, 0.6) is 17.2 Å². The van der Waals surface area contributed by atoms with Crippen molar-refractivity contribution >= 4 is 37.6 Å². The lowest BCUT2D eigenvalue weighted by atomic mass is 10.1. The van der Waals surface area contributed by atoms with E-state index in [-0.39, 0.29) is 29.5 Å². The summed E-state index contributed by atoms with van der Waals surface area (Å²) in [4.78, 5) is 10.5. The summed E-state index contributed by atoms with van der Waals surface area (Å²) in [5.74, 6) is -4.80. The van der Waals surface area contributed by atoms with Crippen molar-refractivity contribution in [3.05, 3.63) is 39.9 Å². The topological polar surface area (TPSA) is 153 Å². The van der Waals surface area contributed by atoms with E-state index in [1.165, 1.54) is 6.07 Å². The van der Waals surface area contributed by atoms with Gasteiger partial charge in [-0.2, -0.15) is 0 Å². The van der Waals surface area contributed by atoms with Gasteiger partial charge in [-0.3, -0.25) is 4.72 Å². The van der Waals surface area contributed by atoms with Crippen LogP contribution in [0.25, 0.3) is 0 Å². The number of anilines is 1. The molecule has 0 heterocycles. The molecule has 2 rings (SSSR count). The number of halogens is 4. The van der Waals surface area contributed by atoms with Crippen molar-refractivity contribution in [2.45, 2.75) is 24.1 Å². The largest absolute Gasteiger partial charge is 0.573 e. The van der Waals surface area contributed by atoms with Gasteiger partial charge in [0.2, 0.25) is 0 Å². The average Bonchev–Trinajstić information content (AvgIpc) is 2.62. The fraction of sp³-hybridized carbons (Fsp3) is 0.235. The Morgan fingerprint density at radius 3 is 2.32 bits per heavy atom. The van der Waals surface area contributed by atoms with E-state index < -0.39 is 55.7 Å². The molecule has 0 unspecified atom stereocenters. The number of alkyl halides is 3. The molecule has 0 amide bonds. The zero-order valence-electron chi connectivity index (χ0n) is 15.3. The number of aliphatic hydroxyl groups excluding tert-OH is 1. The van der Waals surface area contributed by atoms with E-state index in [0.29, 0.717) is 12.1 Å². The highest BCUT2D eigenvalue weighted by molar-refractivity contribution is 9.10. The molecule has 0 aliphatic heterocycles. The summed E-state index contributed by atoms with van der Waals surface area (Å²) in [6.07, 6.45) is -4.91. The summed E-state index contributed by atoms with van der Waals surface area (Å²) in [5, 5.41) is 38.4. The van der Waals surface area contributed by atoms with Crippen LogP contribution in [0.1, 0.15) is 22.3 Å². The average molecular weight is 530 g/mol. The number of ether oxygens (including phenoxy) is 1. The third kappa shape index (κ3) is 6.15. The first-order chi connectivity index (χ1) is 14.2. The number of carbonyl (C=O) groups is 1. The maximum Gasteiger partial charge on any atom is 0.573 e. The van der Waals surface area contributed by atoms with Crippen molar-refractivity contribution in [2.24, 2.45) is 0 Å². The molecule has 31 heavy (non-hydrogen) atoms. The second-order valence-corrected chi connectivity index (χ2v) is 8.63. The maximum absolute atomic E-state index is 12.8. The van der Waals surface area contributed by atoms with E-state index in [4.69, 9.17) is 10.2 Å². The quantitative estimate of drug-likeness (QED) is 0.327. The Balaban J connectivity index is 2.57. The SMILES string of the molecule is O=C(O)c1cc(OC(F)(F)F)cc(NS(=O)(=O)c2cc(Br)cc(CCCO)c2O)c1O. The van der Waals surface area contributed by atoms with Gasteiger partial charge in [-0.25, -0.2) is 13.2 Å². The van der Waals surface area contributed by atoms with Crippen LogP contribution in [0.3, 0.4) is 0 Å². The molecule has 9 nitrogen and oxygen atoms in total. The van der Waals surface area contributed by atoms with Crippen LogP contribution in [0.15, 0.2) is 33.6 Å². The highest BCUT2D eigenvalue weighted by Gasteiger charge is 2.33. The molecule has 5 N–H and O–H groups in total. The predicted octanol–water partition coefficient (Wildman–Crippen LogP) is 3.18. The van der Waals surface area contributed by atoms with Gasteiger partial charge in [0.1, 0.15) is 22.0 Å². The van der Waals surface area contributed by atoms with Gasteiger partial charge in [-0.15, -0.1) is 13.2 Å². The number of aliphatic hydroxyl groups is 1. The molecule has 2 aromatic carbocycles. The Hall–Kier alpha value is -2.71. The summed E-state index contributed by atoms with van der Waals surface area (Å²) in [6.45, 7) is -0.232. The van der Waals surface area contributed by atoms with Crippen molar-refractivity contribution in [3.63, 3.8) is 0 Å². The number of rotatable bonds is 8. The van der Waals surface area contributed by atoms with E-state index in [9.17, 15) is 36.6 Å². The number of aromatic carboxylic acids is 1. The minimum atomic E-state index is -5.22. The Kier molecular flexibility index (Phi) is 7.28. The number of phenolic OH excluding ortho intramolecular Hbond substituents is 1. The first-order valence-electron chi connectivity index (χ1n) is 8.26. The van der Waals surface area contributed by atoms with Crippen molar-refractivity contribution in [1.82, 2.24) is 0 Å². The fourth-order valence-electron chi connectivity index (χ4n) is 2.53. The first-order valence-corrected chi connectivity index (χ1v) is 10.5. The van der Waals surface area contributed by atoms with E-state index >= 15 is 0 Å². The van der Waals surface area contributed by atoms with Crippen LogP contribution in [-0.4, -0.2) is 47.8 Å².